The first-order chi connectivity index (χ1) is 10.6. The highest BCUT2D eigenvalue weighted by Gasteiger charge is 2.46. The first kappa shape index (κ1) is 15.5. The van der Waals surface area contributed by atoms with E-state index in [1.165, 1.54) is 18.6 Å². The van der Waals surface area contributed by atoms with Crippen molar-refractivity contribution in [2.45, 2.75) is 44.6 Å². The van der Waals surface area contributed by atoms with Gasteiger partial charge < -0.3 is 9.64 Å². The molecule has 120 valence electrons. The molecule has 4 heteroatoms. The molecule has 1 aliphatic heterocycles. The fraction of sp³-hybridized carbons (Fsp3) is 0.611. The Labute approximate surface area is 131 Å². The Balaban J connectivity index is 1.66. The lowest BCUT2D eigenvalue weighted by atomic mass is 9.76. The van der Waals surface area contributed by atoms with Crippen LogP contribution in [0, 0.1) is 11.2 Å². The standard InChI is InChI=1S/C18H24FNO2/c1-22-16-4-2-9-18(16)10-3-11-20(13-18)17(21)12-14-5-7-15(19)8-6-14/h5-8,16H,2-4,9-13H2,1H3/t16-,18+/m1/s1. The molecular weight excluding hydrogens is 281 g/mol. The lowest BCUT2D eigenvalue weighted by molar-refractivity contribution is -0.136. The number of piperidine rings is 1. The largest absolute Gasteiger partial charge is 0.381 e. The molecule has 2 aliphatic rings. The van der Waals surface area contributed by atoms with E-state index in [1.54, 1.807) is 19.2 Å². The molecule has 2 fully saturated rings. The number of likely N-dealkylation sites (tertiary alicyclic amines) is 1. The fourth-order valence-electron chi connectivity index (χ4n) is 4.20. The number of hydrogen-bond donors (Lipinski definition) is 0. The van der Waals surface area contributed by atoms with E-state index < -0.39 is 0 Å². The summed E-state index contributed by atoms with van der Waals surface area (Å²) in [6.07, 6.45) is 6.31. The van der Waals surface area contributed by atoms with Gasteiger partial charge in [-0.1, -0.05) is 18.6 Å². The van der Waals surface area contributed by atoms with Gasteiger partial charge in [0, 0.05) is 25.6 Å². The van der Waals surface area contributed by atoms with Crippen molar-refractivity contribution in [2.75, 3.05) is 20.2 Å². The van der Waals surface area contributed by atoms with Crippen LogP contribution in [0.15, 0.2) is 24.3 Å². The highest BCUT2D eigenvalue weighted by molar-refractivity contribution is 5.79. The van der Waals surface area contributed by atoms with Gasteiger partial charge in [0.25, 0.3) is 0 Å². The Bertz CT molecular complexity index is 530. The molecule has 1 heterocycles. The third kappa shape index (κ3) is 3.02. The summed E-state index contributed by atoms with van der Waals surface area (Å²) in [5.74, 6) is -0.116. The van der Waals surface area contributed by atoms with Crippen LogP contribution in [0.2, 0.25) is 0 Å². The van der Waals surface area contributed by atoms with Crippen LogP contribution in [0.5, 0.6) is 0 Å². The summed E-state index contributed by atoms with van der Waals surface area (Å²) >= 11 is 0. The maximum Gasteiger partial charge on any atom is 0.227 e. The molecule has 0 bridgehead atoms. The lowest BCUT2D eigenvalue weighted by Crippen LogP contribution is -2.50. The quantitative estimate of drug-likeness (QED) is 0.858. The van der Waals surface area contributed by atoms with Crippen molar-refractivity contribution < 1.29 is 13.9 Å². The van der Waals surface area contributed by atoms with E-state index in [4.69, 9.17) is 4.74 Å². The van der Waals surface area contributed by atoms with Crippen LogP contribution in [0.4, 0.5) is 4.39 Å². The predicted molar refractivity (Wildman–Crippen MR) is 83.0 cm³/mol. The smallest absolute Gasteiger partial charge is 0.227 e. The summed E-state index contributed by atoms with van der Waals surface area (Å²) in [7, 11) is 1.79. The molecule has 2 atom stereocenters. The highest BCUT2D eigenvalue weighted by Crippen LogP contribution is 2.46. The van der Waals surface area contributed by atoms with Gasteiger partial charge in [0.1, 0.15) is 5.82 Å². The number of carbonyl (C=O) groups is 1. The minimum atomic E-state index is -0.262. The molecule has 0 unspecified atom stereocenters. The van der Waals surface area contributed by atoms with Crippen LogP contribution in [0.25, 0.3) is 0 Å². The Kier molecular flexibility index (Phi) is 4.48. The van der Waals surface area contributed by atoms with Crippen molar-refractivity contribution in [2.24, 2.45) is 5.41 Å². The van der Waals surface area contributed by atoms with E-state index in [1.807, 2.05) is 4.90 Å². The van der Waals surface area contributed by atoms with E-state index in [0.29, 0.717) is 6.42 Å². The Morgan fingerprint density at radius 3 is 2.77 bits per heavy atom. The van der Waals surface area contributed by atoms with Crippen LogP contribution in [0.1, 0.15) is 37.7 Å². The zero-order valence-electron chi connectivity index (χ0n) is 13.2. The van der Waals surface area contributed by atoms with E-state index in [2.05, 4.69) is 0 Å². The monoisotopic (exact) mass is 305 g/mol. The zero-order chi connectivity index (χ0) is 15.6. The van der Waals surface area contributed by atoms with Crippen LogP contribution < -0.4 is 0 Å². The highest BCUT2D eigenvalue weighted by atomic mass is 19.1. The van der Waals surface area contributed by atoms with Crippen LogP contribution in [-0.2, 0) is 16.0 Å². The number of carbonyl (C=O) groups excluding carboxylic acids is 1. The number of hydrogen-bond acceptors (Lipinski definition) is 2. The number of nitrogens with zero attached hydrogens (tertiary/aromatic N) is 1. The molecule has 3 rings (SSSR count). The molecule has 3 nitrogen and oxygen atoms in total. The summed E-state index contributed by atoms with van der Waals surface area (Å²) in [4.78, 5) is 14.6. The minimum Gasteiger partial charge on any atom is -0.381 e. The number of rotatable bonds is 3. The molecule has 1 saturated heterocycles. The third-order valence-corrected chi connectivity index (χ3v) is 5.34. The molecule has 0 aromatic heterocycles. The van der Waals surface area contributed by atoms with Gasteiger partial charge in [0.2, 0.25) is 5.91 Å². The molecular formula is C18H24FNO2. The Morgan fingerprint density at radius 1 is 1.32 bits per heavy atom. The van der Waals surface area contributed by atoms with Crippen LogP contribution in [-0.4, -0.2) is 37.1 Å². The molecule has 1 spiro atoms. The average molecular weight is 305 g/mol. The second kappa shape index (κ2) is 6.37. The summed E-state index contributed by atoms with van der Waals surface area (Å²) in [5, 5.41) is 0. The molecule has 1 aliphatic carbocycles. The van der Waals surface area contributed by atoms with Gasteiger partial charge in [-0.3, -0.25) is 4.79 Å². The molecule has 1 aromatic carbocycles. The fourth-order valence-corrected chi connectivity index (χ4v) is 4.20. The molecule has 1 aromatic rings. The molecule has 0 N–H and O–H groups in total. The number of amides is 1. The lowest BCUT2D eigenvalue weighted by Gasteiger charge is -2.43. The summed E-state index contributed by atoms with van der Waals surface area (Å²) in [5.41, 5.74) is 1.03. The molecule has 1 amide bonds. The van der Waals surface area contributed by atoms with E-state index in [9.17, 15) is 9.18 Å². The molecule has 0 radical (unpaired) electrons. The van der Waals surface area contributed by atoms with Crippen molar-refractivity contribution in [3.8, 4) is 0 Å². The first-order valence-electron chi connectivity index (χ1n) is 8.18. The van der Waals surface area contributed by atoms with Crippen molar-refractivity contribution >= 4 is 5.91 Å². The van der Waals surface area contributed by atoms with Crippen molar-refractivity contribution in [3.05, 3.63) is 35.6 Å². The average Bonchev–Trinajstić information content (AvgIpc) is 2.91. The first-order valence-corrected chi connectivity index (χ1v) is 8.18. The maximum atomic E-state index is 13.0. The van der Waals surface area contributed by atoms with Crippen molar-refractivity contribution in [1.29, 1.82) is 0 Å². The zero-order valence-corrected chi connectivity index (χ0v) is 13.2. The molecule has 1 saturated carbocycles. The number of benzene rings is 1. The van der Waals surface area contributed by atoms with Crippen LogP contribution >= 0.6 is 0 Å². The van der Waals surface area contributed by atoms with Gasteiger partial charge in [0.05, 0.1) is 12.5 Å². The third-order valence-electron chi connectivity index (χ3n) is 5.34. The second-order valence-electron chi connectivity index (χ2n) is 6.70. The van der Waals surface area contributed by atoms with Gasteiger partial charge in [-0.05, 0) is 43.4 Å². The SMILES string of the molecule is CO[C@@H]1CCC[C@@]12CCCN(C(=O)Cc1ccc(F)cc1)C2. The van der Waals surface area contributed by atoms with Crippen molar-refractivity contribution in [3.63, 3.8) is 0 Å². The number of halogens is 1. The van der Waals surface area contributed by atoms with E-state index in [0.717, 1.165) is 44.3 Å². The number of methoxy groups -OCH3 is 1. The van der Waals surface area contributed by atoms with E-state index >= 15 is 0 Å². The molecule has 22 heavy (non-hydrogen) atoms. The number of ether oxygens (including phenoxy) is 1. The topological polar surface area (TPSA) is 29.5 Å². The Hall–Kier alpha value is -1.42. The van der Waals surface area contributed by atoms with Gasteiger partial charge in [-0.15, -0.1) is 0 Å². The van der Waals surface area contributed by atoms with Gasteiger partial charge in [0.15, 0.2) is 0 Å². The second-order valence-corrected chi connectivity index (χ2v) is 6.70. The summed E-state index contributed by atoms with van der Waals surface area (Å²) < 4.78 is 18.6. The van der Waals surface area contributed by atoms with Gasteiger partial charge >= 0.3 is 0 Å². The predicted octanol–water partition coefficient (Wildman–Crippen LogP) is 3.18. The van der Waals surface area contributed by atoms with Crippen molar-refractivity contribution in [1.82, 2.24) is 4.90 Å². The Morgan fingerprint density at radius 2 is 2.05 bits per heavy atom. The minimum absolute atomic E-state index is 0.146. The van der Waals surface area contributed by atoms with Gasteiger partial charge in [-0.2, -0.15) is 0 Å². The summed E-state index contributed by atoms with van der Waals surface area (Å²) in [6, 6.07) is 6.22. The normalized spacial score (nSPS) is 28.3. The van der Waals surface area contributed by atoms with E-state index in [-0.39, 0.29) is 23.2 Å². The van der Waals surface area contributed by atoms with Gasteiger partial charge in [-0.25, -0.2) is 4.39 Å². The summed E-state index contributed by atoms with van der Waals surface area (Å²) in [6.45, 7) is 1.64. The maximum absolute atomic E-state index is 13.0. The van der Waals surface area contributed by atoms with Crippen LogP contribution in [0.3, 0.4) is 0 Å².